The van der Waals surface area contributed by atoms with E-state index in [1.165, 1.54) is 15.6 Å². The number of rotatable bonds is 6. The van der Waals surface area contributed by atoms with Crippen LogP contribution in [0.1, 0.15) is 6.42 Å². The van der Waals surface area contributed by atoms with E-state index < -0.39 is 10.0 Å². The van der Waals surface area contributed by atoms with Crippen LogP contribution in [-0.2, 0) is 10.0 Å². The Kier molecular flexibility index (Phi) is 5.80. The number of nitrogens with zero attached hydrogens (tertiary/aromatic N) is 2. The molecule has 3 rings (SSSR count). The maximum absolute atomic E-state index is 12.5. The minimum atomic E-state index is -3.38. The molecule has 9 heteroatoms. The number of hydrogen-bond acceptors (Lipinski definition) is 5. The van der Waals surface area contributed by atoms with Crippen molar-refractivity contribution in [1.82, 2.24) is 4.31 Å². The molecule has 1 fully saturated rings. The van der Waals surface area contributed by atoms with Gasteiger partial charge in [-0.1, -0.05) is 12.1 Å². The summed E-state index contributed by atoms with van der Waals surface area (Å²) in [5.74, 6) is 1.20. The highest BCUT2D eigenvalue weighted by molar-refractivity contribution is 7.91. The first kappa shape index (κ1) is 18.7. The van der Waals surface area contributed by atoms with Gasteiger partial charge < -0.3 is 15.8 Å². The van der Waals surface area contributed by atoms with Crippen LogP contribution in [0.25, 0.3) is 0 Å². The van der Waals surface area contributed by atoms with Crippen molar-refractivity contribution in [3.8, 4) is 5.75 Å². The highest BCUT2D eigenvalue weighted by atomic mass is 32.2. The Morgan fingerprint density at radius 3 is 3.00 bits per heavy atom. The van der Waals surface area contributed by atoms with Crippen molar-refractivity contribution in [1.29, 1.82) is 0 Å². The second-order valence-electron chi connectivity index (χ2n) is 6.03. The number of guanidine groups is 1. The van der Waals surface area contributed by atoms with Crippen molar-refractivity contribution in [3.05, 3.63) is 41.8 Å². The van der Waals surface area contributed by atoms with E-state index in [4.69, 9.17) is 10.5 Å². The lowest BCUT2D eigenvalue weighted by Crippen LogP contribution is -2.29. The second-order valence-corrected chi connectivity index (χ2v) is 9.15. The molecule has 0 aliphatic carbocycles. The summed E-state index contributed by atoms with van der Waals surface area (Å²) < 4.78 is 32.2. The van der Waals surface area contributed by atoms with Crippen LogP contribution in [0.3, 0.4) is 0 Å². The molecule has 1 aliphatic rings. The van der Waals surface area contributed by atoms with Crippen molar-refractivity contribution in [3.63, 3.8) is 0 Å². The summed E-state index contributed by atoms with van der Waals surface area (Å²) in [5.41, 5.74) is 6.73. The first-order valence-corrected chi connectivity index (χ1v) is 10.6. The van der Waals surface area contributed by atoms with Gasteiger partial charge in [0.25, 0.3) is 10.0 Å². The van der Waals surface area contributed by atoms with E-state index in [0.717, 1.165) is 17.9 Å². The number of benzene rings is 1. The van der Waals surface area contributed by atoms with Gasteiger partial charge in [-0.3, -0.25) is 4.99 Å². The topological polar surface area (TPSA) is 97.0 Å². The summed E-state index contributed by atoms with van der Waals surface area (Å²) in [6.45, 7) is 1.47. The fraction of sp³-hybridized carbons (Fsp3) is 0.353. The fourth-order valence-electron chi connectivity index (χ4n) is 2.82. The van der Waals surface area contributed by atoms with Gasteiger partial charge in [0, 0.05) is 31.4 Å². The van der Waals surface area contributed by atoms with Gasteiger partial charge in [-0.2, -0.15) is 4.31 Å². The summed E-state index contributed by atoms with van der Waals surface area (Å²) >= 11 is 1.24. The molecule has 7 nitrogen and oxygen atoms in total. The Bertz CT molecular complexity index is 866. The van der Waals surface area contributed by atoms with Crippen LogP contribution in [0.4, 0.5) is 5.69 Å². The molecule has 0 bridgehead atoms. The molecule has 1 unspecified atom stereocenters. The van der Waals surface area contributed by atoms with Crippen molar-refractivity contribution in [2.24, 2.45) is 16.6 Å². The summed E-state index contributed by atoms with van der Waals surface area (Å²) in [6, 6.07) is 10.8. The van der Waals surface area contributed by atoms with E-state index in [-0.39, 0.29) is 5.92 Å². The number of thiophene rings is 1. The number of methoxy groups -OCH3 is 1. The Hall–Kier alpha value is -2.10. The van der Waals surface area contributed by atoms with Crippen LogP contribution in [0.5, 0.6) is 5.75 Å². The molecule has 1 saturated heterocycles. The minimum absolute atomic E-state index is 0.162. The third-order valence-corrected chi connectivity index (χ3v) is 7.44. The standard InChI is InChI=1S/C17H22N4O3S2/c1-24-15-5-2-4-14(10-15)20-17(18)19-11-13-7-8-21(12-13)26(22,23)16-6-3-9-25-16/h2-6,9-10,13H,7-8,11-12H2,1H3,(H3,18,19,20). The number of nitrogens with one attached hydrogen (secondary N) is 1. The average Bonchev–Trinajstić information content (AvgIpc) is 3.32. The Morgan fingerprint density at radius 2 is 2.27 bits per heavy atom. The molecule has 26 heavy (non-hydrogen) atoms. The van der Waals surface area contributed by atoms with Crippen molar-refractivity contribution >= 4 is 33.0 Å². The van der Waals surface area contributed by atoms with Gasteiger partial charge in [-0.15, -0.1) is 11.3 Å². The highest BCUT2D eigenvalue weighted by Gasteiger charge is 2.32. The summed E-state index contributed by atoms with van der Waals surface area (Å²) in [4.78, 5) is 4.36. The van der Waals surface area contributed by atoms with Gasteiger partial charge in [-0.25, -0.2) is 8.42 Å². The molecule has 3 N–H and O–H groups in total. The number of ether oxygens (including phenoxy) is 1. The zero-order valence-corrected chi connectivity index (χ0v) is 16.1. The van der Waals surface area contributed by atoms with Gasteiger partial charge in [0.05, 0.1) is 7.11 Å². The van der Waals surface area contributed by atoms with Crippen LogP contribution >= 0.6 is 11.3 Å². The first-order chi connectivity index (χ1) is 12.5. The number of sulfonamides is 1. The smallest absolute Gasteiger partial charge is 0.252 e. The van der Waals surface area contributed by atoms with Crippen LogP contribution in [0.2, 0.25) is 0 Å². The Balaban J connectivity index is 1.56. The number of nitrogens with two attached hydrogens (primary N) is 1. The second kappa shape index (κ2) is 8.07. The average molecular weight is 395 g/mol. The van der Waals surface area contributed by atoms with E-state index in [0.29, 0.717) is 29.8 Å². The van der Waals surface area contributed by atoms with E-state index in [9.17, 15) is 8.42 Å². The van der Waals surface area contributed by atoms with E-state index >= 15 is 0 Å². The number of aliphatic imine (C=N–C) groups is 1. The van der Waals surface area contributed by atoms with Crippen LogP contribution < -0.4 is 15.8 Å². The van der Waals surface area contributed by atoms with Gasteiger partial charge in [0.15, 0.2) is 5.96 Å². The molecular weight excluding hydrogens is 372 g/mol. The SMILES string of the molecule is COc1cccc(NC(N)=NCC2CCN(S(=O)(=O)c3cccs3)C2)c1. The predicted molar refractivity (Wildman–Crippen MR) is 104 cm³/mol. The lowest BCUT2D eigenvalue weighted by Gasteiger charge is -2.15. The van der Waals surface area contributed by atoms with Crippen molar-refractivity contribution < 1.29 is 13.2 Å². The number of anilines is 1. The summed E-state index contributed by atoms with van der Waals surface area (Å²) in [5, 5.41) is 4.80. The first-order valence-electron chi connectivity index (χ1n) is 8.23. The molecule has 1 aliphatic heterocycles. The van der Waals surface area contributed by atoms with Crippen LogP contribution in [0.15, 0.2) is 51.0 Å². The minimum Gasteiger partial charge on any atom is -0.497 e. The molecule has 0 amide bonds. The van der Waals surface area contributed by atoms with E-state index in [1.807, 2.05) is 24.3 Å². The molecule has 0 spiro atoms. The molecule has 2 aromatic rings. The van der Waals surface area contributed by atoms with Gasteiger partial charge in [0.2, 0.25) is 0 Å². The van der Waals surface area contributed by atoms with Gasteiger partial charge in [-0.05, 0) is 35.9 Å². The molecule has 1 aromatic carbocycles. The molecule has 1 atom stereocenters. The monoisotopic (exact) mass is 394 g/mol. The third-order valence-electron chi connectivity index (χ3n) is 4.20. The quantitative estimate of drug-likeness (QED) is 0.578. The molecule has 1 aromatic heterocycles. The maximum atomic E-state index is 12.5. The largest absolute Gasteiger partial charge is 0.497 e. The van der Waals surface area contributed by atoms with Crippen LogP contribution in [0, 0.1) is 5.92 Å². The van der Waals surface area contributed by atoms with E-state index in [2.05, 4.69) is 10.3 Å². The molecule has 0 saturated carbocycles. The maximum Gasteiger partial charge on any atom is 0.252 e. The molecule has 0 radical (unpaired) electrons. The lowest BCUT2D eigenvalue weighted by molar-refractivity contribution is 0.415. The van der Waals surface area contributed by atoms with Crippen molar-refractivity contribution in [2.75, 3.05) is 32.1 Å². The molecule has 140 valence electrons. The molecule has 2 heterocycles. The number of hydrogen-bond donors (Lipinski definition) is 2. The fourth-order valence-corrected chi connectivity index (χ4v) is 5.49. The molecular formula is C17H22N4O3S2. The Labute approximate surface area is 157 Å². The van der Waals surface area contributed by atoms with Crippen molar-refractivity contribution in [2.45, 2.75) is 10.6 Å². The summed E-state index contributed by atoms with van der Waals surface area (Å²) in [7, 11) is -1.78. The lowest BCUT2D eigenvalue weighted by atomic mass is 10.1. The van der Waals surface area contributed by atoms with Gasteiger partial charge in [0.1, 0.15) is 9.96 Å². The zero-order valence-electron chi connectivity index (χ0n) is 14.5. The van der Waals surface area contributed by atoms with Crippen LogP contribution in [-0.4, -0.2) is 45.4 Å². The van der Waals surface area contributed by atoms with E-state index in [1.54, 1.807) is 24.6 Å². The van der Waals surface area contributed by atoms with Gasteiger partial charge >= 0.3 is 0 Å². The Morgan fingerprint density at radius 1 is 1.42 bits per heavy atom. The predicted octanol–water partition coefficient (Wildman–Crippen LogP) is 2.19. The summed E-state index contributed by atoms with van der Waals surface area (Å²) in [6.07, 6.45) is 0.778. The zero-order chi connectivity index (χ0) is 18.6. The highest BCUT2D eigenvalue weighted by Crippen LogP contribution is 2.27. The normalized spacial score (nSPS) is 18.8. The third kappa shape index (κ3) is 4.35.